The Bertz CT molecular complexity index is 2440. The van der Waals surface area contributed by atoms with E-state index in [-0.39, 0.29) is 29.8 Å². The van der Waals surface area contributed by atoms with Gasteiger partial charge in [-0.3, -0.25) is 28.8 Å². The smallest absolute Gasteiger partial charge is 0.303 e. The van der Waals surface area contributed by atoms with Gasteiger partial charge in [0.1, 0.15) is 33.9 Å². The summed E-state index contributed by atoms with van der Waals surface area (Å²) in [6.07, 6.45) is 9.37. The van der Waals surface area contributed by atoms with Crippen LogP contribution in [0, 0.1) is 11.6 Å². The average Bonchev–Trinajstić information content (AvgIpc) is 3.90. The Hall–Kier alpha value is -6.44. The van der Waals surface area contributed by atoms with Gasteiger partial charge in [-0.1, -0.05) is 62.8 Å². The van der Waals surface area contributed by atoms with Crippen molar-refractivity contribution in [2.75, 3.05) is 0 Å². The summed E-state index contributed by atoms with van der Waals surface area (Å²) < 4.78 is 30.2. The van der Waals surface area contributed by atoms with Crippen LogP contribution in [-0.2, 0) is 39.8 Å². The number of fused-ring (bicyclic) bond motifs is 4. The molecule has 2 aliphatic carbocycles. The number of halogens is 2. The number of carboxylic acid groups (broad SMARTS) is 2. The number of Topliss-reactive ketones (excluding diaryl/α,β-unsaturated/α-hetero) is 4. The molecule has 0 radical (unpaired) electrons. The molecule has 4 aliphatic rings. The van der Waals surface area contributed by atoms with Crippen molar-refractivity contribution in [2.45, 2.75) is 101 Å². The molecule has 60 heavy (non-hydrogen) atoms. The molecule has 0 amide bonds. The van der Waals surface area contributed by atoms with Gasteiger partial charge in [-0.2, -0.15) is 0 Å². The van der Waals surface area contributed by atoms with Gasteiger partial charge in [-0.05, 0) is 73.2 Å². The highest BCUT2D eigenvalue weighted by molar-refractivity contribution is 6.29. The zero-order valence-electron chi connectivity index (χ0n) is 32.7. The molecule has 0 atom stereocenters. The third-order valence-electron chi connectivity index (χ3n) is 12.3. The summed E-state index contributed by atoms with van der Waals surface area (Å²) in [4.78, 5) is 74.3. The van der Waals surface area contributed by atoms with Crippen LogP contribution in [0.5, 0.6) is 0 Å². The number of aromatic nitrogens is 2. The number of carbonyl (C=O) groups excluding carboxylic acids is 4. The first-order valence-corrected chi connectivity index (χ1v) is 20.1. The van der Waals surface area contributed by atoms with E-state index in [4.69, 9.17) is 10.2 Å². The Balaban J connectivity index is 0.000000181. The van der Waals surface area contributed by atoms with Gasteiger partial charge >= 0.3 is 11.9 Å². The summed E-state index contributed by atoms with van der Waals surface area (Å²) in [5.74, 6) is -6.09. The fraction of sp³-hybridized carbons (Fsp3) is 0.348. The third-order valence-corrected chi connectivity index (χ3v) is 12.3. The van der Waals surface area contributed by atoms with E-state index in [0.717, 1.165) is 44.1 Å². The lowest BCUT2D eigenvalue weighted by molar-refractivity contribution is -0.139. The second-order valence-corrected chi connectivity index (χ2v) is 15.9. The lowest BCUT2D eigenvalue weighted by atomic mass is 9.72. The van der Waals surface area contributed by atoms with Crippen LogP contribution >= 0.6 is 0 Å². The summed E-state index contributed by atoms with van der Waals surface area (Å²) in [7, 11) is 0. The minimum absolute atomic E-state index is 0.297. The number of allylic oxidation sites excluding steroid dienone is 2. The number of aliphatic carboxylic acids is 2. The van der Waals surface area contributed by atoms with Crippen LogP contribution < -0.4 is 0 Å². The fourth-order valence-electron chi connectivity index (χ4n) is 9.26. The van der Waals surface area contributed by atoms with Crippen LogP contribution in [0.25, 0.3) is 33.8 Å². The molecule has 0 unspecified atom stereocenters. The molecule has 4 N–H and O–H groups in total. The van der Waals surface area contributed by atoms with Crippen molar-refractivity contribution >= 4 is 46.6 Å². The molecule has 312 valence electrons. The Morgan fingerprint density at radius 3 is 1.50 bits per heavy atom. The van der Waals surface area contributed by atoms with Crippen molar-refractivity contribution in [3.05, 3.63) is 107 Å². The highest BCUT2D eigenvalue weighted by Gasteiger charge is 2.51. The first-order chi connectivity index (χ1) is 28.7. The molecule has 2 fully saturated rings. The zero-order valence-corrected chi connectivity index (χ0v) is 32.7. The number of carbonyl (C=O) groups is 6. The van der Waals surface area contributed by atoms with E-state index in [1.807, 2.05) is 0 Å². The quantitative estimate of drug-likeness (QED) is 0.113. The van der Waals surface area contributed by atoms with Gasteiger partial charge in [-0.15, -0.1) is 0 Å². The highest BCUT2D eigenvalue weighted by atomic mass is 19.1. The molecule has 0 saturated heterocycles. The van der Waals surface area contributed by atoms with Crippen LogP contribution in [0.15, 0.2) is 84.2 Å². The normalized spacial score (nSPS) is 17.8. The zero-order chi connectivity index (χ0) is 42.9. The maximum atomic E-state index is 13.5. The van der Waals surface area contributed by atoms with Gasteiger partial charge in [0.05, 0.1) is 24.2 Å². The van der Waals surface area contributed by atoms with Crippen LogP contribution in [0.1, 0.15) is 101 Å². The third kappa shape index (κ3) is 7.50. The number of rotatable bonds is 10. The Labute approximate surface area is 343 Å². The van der Waals surface area contributed by atoms with Crippen molar-refractivity contribution in [3.8, 4) is 22.3 Å². The van der Waals surface area contributed by atoms with Gasteiger partial charge in [0.2, 0.25) is 0 Å². The van der Waals surface area contributed by atoms with Crippen LogP contribution in [0.3, 0.4) is 0 Å². The average molecular weight is 823 g/mol. The van der Waals surface area contributed by atoms with E-state index in [1.165, 1.54) is 24.3 Å². The number of benzene rings is 2. The lowest BCUT2D eigenvalue weighted by Crippen LogP contribution is -2.48. The summed E-state index contributed by atoms with van der Waals surface area (Å²) in [6.45, 7) is 0. The Morgan fingerprint density at radius 1 is 0.567 bits per heavy atom. The summed E-state index contributed by atoms with van der Waals surface area (Å²) in [5.41, 5.74) is 0.830. The monoisotopic (exact) mass is 822 g/mol. The van der Waals surface area contributed by atoms with Gasteiger partial charge in [0, 0.05) is 36.4 Å². The van der Waals surface area contributed by atoms with Crippen LogP contribution in [0.4, 0.5) is 8.78 Å². The molecular formula is C46H44F2N2O10. The van der Waals surface area contributed by atoms with Crippen molar-refractivity contribution < 1.29 is 58.0 Å². The summed E-state index contributed by atoms with van der Waals surface area (Å²) in [5, 5.41) is 39.7. The van der Waals surface area contributed by atoms with Crippen molar-refractivity contribution in [2.24, 2.45) is 0 Å². The van der Waals surface area contributed by atoms with E-state index >= 15 is 0 Å². The number of nitrogens with zero attached hydrogens (tertiary/aromatic N) is 2. The molecule has 2 saturated carbocycles. The molecule has 4 aromatic rings. The molecular weight excluding hydrogens is 779 g/mol. The number of ketones is 4. The summed E-state index contributed by atoms with van der Waals surface area (Å²) >= 11 is 0. The molecule has 2 aromatic carbocycles. The van der Waals surface area contributed by atoms with E-state index in [2.05, 4.69) is 0 Å². The molecule has 2 aromatic heterocycles. The fourth-order valence-corrected chi connectivity index (χ4v) is 9.26. The van der Waals surface area contributed by atoms with E-state index in [1.54, 1.807) is 57.9 Å². The van der Waals surface area contributed by atoms with Gasteiger partial charge < -0.3 is 29.6 Å². The molecule has 8 rings (SSSR count). The van der Waals surface area contributed by atoms with Crippen LogP contribution in [0.2, 0.25) is 0 Å². The molecule has 14 heteroatoms. The number of hydrogen-bond donors (Lipinski definition) is 4. The largest absolute Gasteiger partial charge is 0.505 e. The van der Waals surface area contributed by atoms with Crippen molar-refractivity contribution in [1.29, 1.82) is 0 Å². The molecule has 12 nitrogen and oxygen atoms in total. The highest BCUT2D eigenvalue weighted by Crippen LogP contribution is 2.48. The number of aliphatic hydroxyl groups excluding tert-OH is 2. The minimum Gasteiger partial charge on any atom is -0.505 e. The molecule has 4 heterocycles. The van der Waals surface area contributed by atoms with Crippen molar-refractivity contribution in [1.82, 2.24) is 9.13 Å². The number of hydrogen-bond acceptors (Lipinski definition) is 8. The molecule has 2 aliphatic heterocycles. The standard InChI is InChI=1S/2C23H22FNO5/c24-15-6-4-14(5-7-15)16-10-13-25-20(16)21(29)19(17(26)8-9-18(27)28)22(30)23(25)11-2-1-3-12-23;24-16-6-4-14(5-7-16)15-12-17-21(29)20(18(26)8-9-19(27)28)22(30)23(25(17)13-15)10-2-1-3-11-23/h4-7,10,13,29H,1-3,8-9,11-12H2,(H,27,28);4-7,12-13,29H,1-3,8-11H2,(H,27,28). The van der Waals surface area contributed by atoms with E-state index in [0.29, 0.717) is 53.8 Å². The Morgan fingerprint density at radius 2 is 1.02 bits per heavy atom. The predicted molar refractivity (Wildman–Crippen MR) is 215 cm³/mol. The van der Waals surface area contributed by atoms with Crippen LogP contribution in [-0.4, -0.2) is 64.6 Å². The van der Waals surface area contributed by atoms with E-state index in [9.17, 15) is 47.8 Å². The van der Waals surface area contributed by atoms with Gasteiger partial charge in [-0.25, -0.2) is 8.78 Å². The predicted octanol–water partition coefficient (Wildman–Crippen LogP) is 8.48. The first kappa shape index (κ1) is 41.7. The number of carboxylic acids is 2. The molecule has 2 spiro atoms. The van der Waals surface area contributed by atoms with Crippen molar-refractivity contribution in [3.63, 3.8) is 0 Å². The van der Waals surface area contributed by atoms with Gasteiger partial charge in [0.25, 0.3) is 0 Å². The SMILES string of the molecule is O=C(O)CCC(=O)C1=C(O)c2c(-c3ccc(F)cc3)ccn2C2(CCCCC2)C1=O.O=C(O)CCC(=O)C1=C(O)c2cc(-c3ccc(F)cc3)cn2C2(CCCCC2)C1=O. The second-order valence-electron chi connectivity index (χ2n) is 15.9. The molecule has 0 bridgehead atoms. The first-order valence-electron chi connectivity index (χ1n) is 20.1. The van der Waals surface area contributed by atoms with E-state index < -0.39 is 76.3 Å². The number of aliphatic hydroxyl groups is 2. The lowest BCUT2D eigenvalue weighted by Gasteiger charge is -2.41. The second kappa shape index (κ2) is 16.7. The van der Waals surface area contributed by atoms with Gasteiger partial charge in [0.15, 0.2) is 34.7 Å². The maximum Gasteiger partial charge on any atom is 0.303 e. The topological polar surface area (TPSA) is 193 Å². The maximum absolute atomic E-state index is 13.5. The summed E-state index contributed by atoms with van der Waals surface area (Å²) in [6, 6.07) is 15.1. The Kier molecular flexibility index (Phi) is 11.6. The minimum atomic E-state index is -1.14.